The van der Waals surface area contributed by atoms with E-state index in [-0.39, 0.29) is 23.1 Å². The minimum atomic E-state index is -1.07. The monoisotopic (exact) mass is 369 g/mol. The van der Waals surface area contributed by atoms with E-state index in [4.69, 9.17) is 17.0 Å². The highest BCUT2D eigenvalue weighted by atomic mass is 32.1. The molecular formula is C18H15N3O4S. The fraction of sp³-hybridized carbons (Fsp3) is 0.111. The lowest BCUT2D eigenvalue weighted by Crippen LogP contribution is -2.29. The van der Waals surface area contributed by atoms with Gasteiger partial charge in [-0.1, -0.05) is 18.2 Å². The number of anilines is 1. The number of methoxy groups -OCH3 is 1. The van der Waals surface area contributed by atoms with Crippen molar-refractivity contribution in [3.8, 4) is 5.75 Å². The highest BCUT2D eigenvalue weighted by Gasteiger charge is 2.33. The summed E-state index contributed by atoms with van der Waals surface area (Å²) in [5, 5.41) is 14.6. The summed E-state index contributed by atoms with van der Waals surface area (Å²) in [5.74, 6) is -0.664. The number of hydrogen-bond acceptors (Lipinski definition) is 5. The second kappa shape index (κ2) is 7.32. The molecule has 0 aliphatic carbocycles. The highest BCUT2D eigenvalue weighted by Crippen LogP contribution is 2.24. The van der Waals surface area contributed by atoms with Crippen LogP contribution in [0.15, 0.2) is 53.6 Å². The molecule has 2 aromatic carbocycles. The van der Waals surface area contributed by atoms with Crippen LogP contribution in [0.4, 0.5) is 5.69 Å². The van der Waals surface area contributed by atoms with Gasteiger partial charge in [0.05, 0.1) is 18.9 Å². The predicted molar refractivity (Wildman–Crippen MR) is 101 cm³/mol. The maximum Gasteiger partial charge on any atom is 0.336 e. The Morgan fingerprint density at radius 3 is 2.58 bits per heavy atom. The largest absolute Gasteiger partial charge is 0.497 e. The molecule has 0 spiro atoms. The van der Waals surface area contributed by atoms with E-state index in [9.17, 15) is 14.7 Å². The van der Waals surface area contributed by atoms with Gasteiger partial charge in [-0.25, -0.2) is 4.79 Å². The number of rotatable bonds is 5. The van der Waals surface area contributed by atoms with Crippen LogP contribution in [0, 0.1) is 0 Å². The number of hydrogen-bond donors (Lipinski definition) is 1. The molecule has 26 heavy (non-hydrogen) atoms. The molecule has 7 nitrogen and oxygen atoms in total. The van der Waals surface area contributed by atoms with E-state index in [2.05, 4.69) is 5.10 Å². The van der Waals surface area contributed by atoms with Crippen molar-refractivity contribution in [3.05, 3.63) is 59.7 Å². The summed E-state index contributed by atoms with van der Waals surface area (Å²) in [7, 11) is 1.57. The Bertz CT molecular complexity index is 896. The Balaban J connectivity index is 1.82. The van der Waals surface area contributed by atoms with Crippen LogP contribution in [-0.4, -0.2) is 47.0 Å². The van der Waals surface area contributed by atoms with Gasteiger partial charge in [0.1, 0.15) is 12.3 Å². The molecule has 2 aromatic rings. The van der Waals surface area contributed by atoms with Crippen molar-refractivity contribution in [1.29, 1.82) is 0 Å². The standard InChI is InChI=1S/C18H15N3O4S/c1-25-14-8-6-13(7-9-14)20-11-16(22)21(18(20)26)19-10-12-4-2-3-5-15(12)17(23)24/h2-10H,11H2,1H3,(H,23,24)/b19-10-. The van der Waals surface area contributed by atoms with Crippen LogP contribution in [0.5, 0.6) is 5.75 Å². The van der Waals surface area contributed by atoms with Gasteiger partial charge in [0, 0.05) is 11.3 Å². The average molecular weight is 369 g/mol. The first-order valence-electron chi connectivity index (χ1n) is 7.66. The van der Waals surface area contributed by atoms with Gasteiger partial charge in [-0.05, 0) is 42.5 Å². The Morgan fingerprint density at radius 2 is 1.92 bits per heavy atom. The molecule has 1 aliphatic rings. The third-order valence-corrected chi connectivity index (χ3v) is 4.22. The first-order chi connectivity index (χ1) is 12.5. The van der Waals surface area contributed by atoms with Crippen molar-refractivity contribution in [3.63, 3.8) is 0 Å². The molecule has 0 atom stereocenters. The summed E-state index contributed by atoms with van der Waals surface area (Å²) in [6.45, 7) is 0.0586. The normalized spacial score (nSPS) is 14.3. The molecule has 0 aromatic heterocycles. The third-order valence-electron chi connectivity index (χ3n) is 3.83. The number of benzene rings is 2. The number of thiocarbonyl (C=S) groups is 1. The topological polar surface area (TPSA) is 82.4 Å². The molecule has 3 rings (SSSR count). The lowest BCUT2D eigenvalue weighted by molar-refractivity contribution is -0.124. The summed E-state index contributed by atoms with van der Waals surface area (Å²) >= 11 is 5.35. The molecule has 1 amide bonds. The number of carbonyl (C=O) groups excluding carboxylic acids is 1. The first-order valence-corrected chi connectivity index (χ1v) is 8.07. The van der Waals surface area contributed by atoms with Gasteiger partial charge in [-0.15, -0.1) is 0 Å². The number of amides is 1. The fourth-order valence-electron chi connectivity index (χ4n) is 2.49. The average Bonchev–Trinajstić information content (AvgIpc) is 2.94. The van der Waals surface area contributed by atoms with Gasteiger partial charge in [0.2, 0.25) is 5.11 Å². The maximum absolute atomic E-state index is 12.3. The van der Waals surface area contributed by atoms with E-state index >= 15 is 0 Å². The molecule has 0 bridgehead atoms. The zero-order valence-electron chi connectivity index (χ0n) is 13.8. The molecular weight excluding hydrogens is 354 g/mol. The number of aromatic carboxylic acids is 1. The van der Waals surface area contributed by atoms with Crippen molar-refractivity contribution >= 4 is 41.1 Å². The van der Waals surface area contributed by atoms with Crippen LogP contribution in [0.25, 0.3) is 0 Å². The second-order valence-corrected chi connectivity index (χ2v) is 5.77. The molecule has 0 radical (unpaired) electrons. The van der Waals surface area contributed by atoms with Gasteiger partial charge in [-0.2, -0.15) is 10.1 Å². The summed E-state index contributed by atoms with van der Waals surface area (Å²) in [6.07, 6.45) is 1.32. The van der Waals surface area contributed by atoms with Crippen LogP contribution in [-0.2, 0) is 4.79 Å². The zero-order valence-corrected chi connectivity index (χ0v) is 14.6. The van der Waals surface area contributed by atoms with Crippen LogP contribution in [0.2, 0.25) is 0 Å². The van der Waals surface area contributed by atoms with E-state index in [1.54, 1.807) is 54.5 Å². The Hall–Kier alpha value is -3.26. The number of carbonyl (C=O) groups is 2. The Morgan fingerprint density at radius 1 is 1.23 bits per heavy atom. The summed E-state index contributed by atoms with van der Waals surface area (Å²) < 4.78 is 5.12. The maximum atomic E-state index is 12.3. The van der Waals surface area contributed by atoms with E-state index in [0.717, 1.165) is 10.7 Å². The number of carboxylic acids is 1. The molecule has 8 heteroatoms. The molecule has 0 saturated carbocycles. The SMILES string of the molecule is COc1ccc(N2CC(=O)N(/N=C\c3ccccc3C(=O)O)C2=S)cc1. The molecule has 1 heterocycles. The lowest BCUT2D eigenvalue weighted by atomic mass is 10.1. The van der Waals surface area contributed by atoms with Crippen molar-refractivity contribution in [2.24, 2.45) is 5.10 Å². The number of nitrogens with zero attached hydrogens (tertiary/aromatic N) is 3. The number of ether oxygens (including phenoxy) is 1. The van der Waals surface area contributed by atoms with Gasteiger partial charge >= 0.3 is 5.97 Å². The Labute approximate surface area is 155 Å². The molecule has 1 fully saturated rings. The Kier molecular flexibility index (Phi) is 4.94. The molecule has 0 unspecified atom stereocenters. The van der Waals surface area contributed by atoms with Crippen molar-refractivity contribution < 1.29 is 19.4 Å². The highest BCUT2D eigenvalue weighted by molar-refractivity contribution is 7.80. The third kappa shape index (κ3) is 3.40. The van der Waals surface area contributed by atoms with Crippen molar-refractivity contribution in [1.82, 2.24) is 5.01 Å². The van der Waals surface area contributed by atoms with E-state index in [0.29, 0.717) is 11.3 Å². The second-order valence-electron chi connectivity index (χ2n) is 5.41. The van der Waals surface area contributed by atoms with Crippen LogP contribution >= 0.6 is 12.2 Å². The van der Waals surface area contributed by atoms with Gasteiger partial charge in [0.25, 0.3) is 5.91 Å². The summed E-state index contributed by atoms with van der Waals surface area (Å²) in [6, 6.07) is 13.5. The number of hydrazone groups is 1. The van der Waals surface area contributed by atoms with Gasteiger partial charge < -0.3 is 14.7 Å². The van der Waals surface area contributed by atoms with E-state index < -0.39 is 5.97 Å². The minimum absolute atomic E-state index is 0.0586. The van der Waals surface area contributed by atoms with Gasteiger partial charge in [-0.3, -0.25) is 4.79 Å². The fourth-order valence-corrected chi connectivity index (χ4v) is 2.81. The molecule has 1 N–H and O–H groups in total. The lowest BCUT2D eigenvalue weighted by Gasteiger charge is -2.17. The smallest absolute Gasteiger partial charge is 0.336 e. The minimum Gasteiger partial charge on any atom is -0.497 e. The van der Waals surface area contributed by atoms with Crippen LogP contribution in [0.1, 0.15) is 15.9 Å². The summed E-state index contributed by atoms with van der Waals surface area (Å²) in [4.78, 5) is 25.2. The van der Waals surface area contributed by atoms with Crippen molar-refractivity contribution in [2.75, 3.05) is 18.6 Å². The van der Waals surface area contributed by atoms with E-state index in [1.165, 1.54) is 12.3 Å². The van der Waals surface area contributed by atoms with Crippen LogP contribution in [0.3, 0.4) is 0 Å². The van der Waals surface area contributed by atoms with Crippen LogP contribution < -0.4 is 9.64 Å². The van der Waals surface area contributed by atoms with Crippen molar-refractivity contribution in [2.45, 2.75) is 0 Å². The van der Waals surface area contributed by atoms with E-state index in [1.807, 2.05) is 0 Å². The quantitative estimate of drug-likeness (QED) is 0.644. The molecule has 1 aliphatic heterocycles. The predicted octanol–water partition coefficient (Wildman–Crippen LogP) is 2.36. The zero-order chi connectivity index (χ0) is 18.7. The molecule has 132 valence electrons. The first kappa shape index (κ1) is 17.6. The summed E-state index contributed by atoms with van der Waals surface area (Å²) in [5.41, 5.74) is 1.23. The molecule has 1 saturated heterocycles. The number of carboxylic acid groups (broad SMARTS) is 1. The van der Waals surface area contributed by atoms with Gasteiger partial charge in [0.15, 0.2) is 0 Å².